The first kappa shape index (κ1) is 11.7. The normalized spacial score (nSPS) is 12.2. The zero-order valence-corrected chi connectivity index (χ0v) is 8.95. The average Bonchev–Trinajstić information content (AvgIpc) is 2.28. The smallest absolute Gasteiger partial charge is 0.241 e. The van der Waals surface area contributed by atoms with E-state index in [1.165, 1.54) is 0 Å². The van der Waals surface area contributed by atoms with Gasteiger partial charge in [0.2, 0.25) is 5.91 Å². The summed E-state index contributed by atoms with van der Waals surface area (Å²) in [6, 6.07) is 6.91. The zero-order chi connectivity index (χ0) is 11.3. The molecular weight excluding hydrogens is 192 g/mol. The standard InChI is InChI=1S/C11H16N2O2/c1-8(12-2)11(15)13-10-5-3-4-9(6-10)7-14/h3-6,8,12,14H,7H2,1-2H3,(H,13,15). The van der Waals surface area contributed by atoms with Crippen molar-refractivity contribution < 1.29 is 9.90 Å². The first-order valence-corrected chi connectivity index (χ1v) is 4.85. The molecule has 0 aliphatic rings. The van der Waals surface area contributed by atoms with Crippen LogP contribution in [-0.4, -0.2) is 24.1 Å². The molecule has 1 atom stereocenters. The fraction of sp³-hybridized carbons (Fsp3) is 0.364. The molecule has 1 rings (SSSR count). The van der Waals surface area contributed by atoms with Crippen LogP contribution in [0.5, 0.6) is 0 Å². The van der Waals surface area contributed by atoms with Crippen molar-refractivity contribution in [1.82, 2.24) is 5.32 Å². The lowest BCUT2D eigenvalue weighted by molar-refractivity contribution is -0.117. The molecule has 1 aromatic rings. The van der Waals surface area contributed by atoms with E-state index in [2.05, 4.69) is 10.6 Å². The minimum absolute atomic E-state index is 0.0225. The highest BCUT2D eigenvalue weighted by molar-refractivity contribution is 5.94. The van der Waals surface area contributed by atoms with Gasteiger partial charge in [0.15, 0.2) is 0 Å². The summed E-state index contributed by atoms with van der Waals surface area (Å²) in [5, 5.41) is 14.5. The Morgan fingerprint density at radius 2 is 2.27 bits per heavy atom. The molecule has 0 heterocycles. The van der Waals surface area contributed by atoms with Gasteiger partial charge in [0.1, 0.15) is 0 Å². The molecule has 4 heteroatoms. The van der Waals surface area contributed by atoms with E-state index >= 15 is 0 Å². The highest BCUT2D eigenvalue weighted by atomic mass is 16.3. The van der Waals surface area contributed by atoms with Gasteiger partial charge in [-0.25, -0.2) is 0 Å². The van der Waals surface area contributed by atoms with Crippen LogP contribution in [0, 0.1) is 0 Å². The lowest BCUT2D eigenvalue weighted by Crippen LogP contribution is -2.35. The lowest BCUT2D eigenvalue weighted by atomic mass is 10.2. The molecule has 1 aromatic carbocycles. The van der Waals surface area contributed by atoms with Gasteiger partial charge >= 0.3 is 0 Å². The SMILES string of the molecule is CNC(C)C(=O)Nc1cccc(CO)c1. The van der Waals surface area contributed by atoms with Gasteiger partial charge in [0.05, 0.1) is 12.6 Å². The Balaban J connectivity index is 2.68. The maximum atomic E-state index is 11.5. The number of benzene rings is 1. The number of anilines is 1. The monoisotopic (exact) mass is 208 g/mol. The third kappa shape index (κ3) is 3.34. The Hall–Kier alpha value is -1.39. The molecule has 1 unspecified atom stereocenters. The second-order valence-corrected chi connectivity index (χ2v) is 3.36. The van der Waals surface area contributed by atoms with Crippen LogP contribution in [0.4, 0.5) is 5.69 Å². The summed E-state index contributed by atoms with van der Waals surface area (Å²) in [4.78, 5) is 11.5. The fourth-order valence-electron chi connectivity index (χ4n) is 1.13. The predicted octanol–water partition coefficient (Wildman–Crippen LogP) is 0.725. The summed E-state index contributed by atoms with van der Waals surface area (Å²) in [6.45, 7) is 1.76. The molecule has 0 aliphatic carbocycles. The van der Waals surface area contributed by atoms with Gasteiger partial charge in [-0.2, -0.15) is 0 Å². The number of carbonyl (C=O) groups excluding carboxylic acids is 1. The summed E-state index contributed by atoms with van der Waals surface area (Å²) >= 11 is 0. The van der Waals surface area contributed by atoms with Crippen molar-refractivity contribution in [3.8, 4) is 0 Å². The Morgan fingerprint density at radius 3 is 2.87 bits per heavy atom. The van der Waals surface area contributed by atoms with Gasteiger partial charge in [-0.1, -0.05) is 12.1 Å². The maximum absolute atomic E-state index is 11.5. The minimum atomic E-state index is -0.234. The van der Waals surface area contributed by atoms with E-state index in [9.17, 15) is 4.79 Å². The van der Waals surface area contributed by atoms with Gasteiger partial charge < -0.3 is 15.7 Å². The number of hydrogen-bond acceptors (Lipinski definition) is 3. The van der Waals surface area contributed by atoms with E-state index in [4.69, 9.17) is 5.11 Å². The van der Waals surface area contributed by atoms with E-state index in [-0.39, 0.29) is 18.6 Å². The summed E-state index contributed by atoms with van der Waals surface area (Å²) in [6.07, 6.45) is 0. The number of hydrogen-bond donors (Lipinski definition) is 3. The number of carbonyl (C=O) groups is 1. The number of rotatable bonds is 4. The molecule has 0 radical (unpaired) electrons. The summed E-state index contributed by atoms with van der Waals surface area (Å²) in [7, 11) is 1.73. The number of nitrogens with one attached hydrogen (secondary N) is 2. The van der Waals surface area contributed by atoms with Crippen LogP contribution < -0.4 is 10.6 Å². The van der Waals surface area contributed by atoms with Crippen LogP contribution in [0.15, 0.2) is 24.3 Å². The molecule has 15 heavy (non-hydrogen) atoms. The number of aliphatic hydroxyl groups excluding tert-OH is 1. The minimum Gasteiger partial charge on any atom is -0.392 e. The van der Waals surface area contributed by atoms with Crippen molar-refractivity contribution >= 4 is 11.6 Å². The largest absolute Gasteiger partial charge is 0.392 e. The van der Waals surface area contributed by atoms with Gasteiger partial charge in [0, 0.05) is 5.69 Å². The maximum Gasteiger partial charge on any atom is 0.241 e. The predicted molar refractivity (Wildman–Crippen MR) is 59.5 cm³/mol. The van der Waals surface area contributed by atoms with Gasteiger partial charge in [-0.15, -0.1) is 0 Å². The van der Waals surface area contributed by atoms with Crippen molar-refractivity contribution in [2.75, 3.05) is 12.4 Å². The summed E-state index contributed by atoms with van der Waals surface area (Å²) in [5.74, 6) is -0.0902. The molecule has 1 amide bonds. The second-order valence-electron chi connectivity index (χ2n) is 3.36. The molecule has 0 bridgehead atoms. The molecule has 0 spiro atoms. The van der Waals surface area contributed by atoms with E-state index in [0.29, 0.717) is 5.69 Å². The van der Waals surface area contributed by atoms with E-state index in [1.54, 1.807) is 38.2 Å². The first-order valence-electron chi connectivity index (χ1n) is 4.85. The van der Waals surface area contributed by atoms with Crippen LogP contribution in [0.25, 0.3) is 0 Å². The number of amides is 1. The highest BCUT2D eigenvalue weighted by Crippen LogP contribution is 2.10. The Morgan fingerprint density at radius 1 is 1.53 bits per heavy atom. The van der Waals surface area contributed by atoms with Crippen LogP contribution in [0.2, 0.25) is 0 Å². The van der Waals surface area contributed by atoms with Crippen molar-refractivity contribution in [2.24, 2.45) is 0 Å². The topological polar surface area (TPSA) is 61.4 Å². The molecule has 0 aliphatic heterocycles. The second kappa shape index (κ2) is 5.48. The van der Waals surface area contributed by atoms with E-state index in [0.717, 1.165) is 5.56 Å². The van der Waals surface area contributed by atoms with E-state index < -0.39 is 0 Å². The molecule has 0 saturated carbocycles. The Bertz CT molecular complexity index is 339. The zero-order valence-electron chi connectivity index (χ0n) is 8.95. The molecule has 0 fully saturated rings. The van der Waals surface area contributed by atoms with Gasteiger partial charge in [0.25, 0.3) is 0 Å². The Kier molecular flexibility index (Phi) is 4.27. The van der Waals surface area contributed by atoms with Crippen LogP contribution in [0.1, 0.15) is 12.5 Å². The van der Waals surface area contributed by atoms with Crippen molar-refractivity contribution in [3.05, 3.63) is 29.8 Å². The average molecular weight is 208 g/mol. The molecule has 82 valence electrons. The quantitative estimate of drug-likeness (QED) is 0.683. The van der Waals surface area contributed by atoms with Crippen LogP contribution in [0.3, 0.4) is 0 Å². The van der Waals surface area contributed by atoms with Crippen LogP contribution in [-0.2, 0) is 11.4 Å². The first-order chi connectivity index (χ1) is 7.17. The fourth-order valence-corrected chi connectivity index (χ4v) is 1.13. The molecule has 4 nitrogen and oxygen atoms in total. The highest BCUT2D eigenvalue weighted by Gasteiger charge is 2.09. The number of likely N-dealkylation sites (N-methyl/N-ethyl adjacent to an activating group) is 1. The summed E-state index contributed by atoms with van der Waals surface area (Å²) < 4.78 is 0. The van der Waals surface area contributed by atoms with Crippen molar-refractivity contribution in [3.63, 3.8) is 0 Å². The molecule has 0 saturated heterocycles. The Labute approximate surface area is 89.3 Å². The third-order valence-electron chi connectivity index (χ3n) is 2.20. The molecular formula is C11H16N2O2. The lowest BCUT2D eigenvalue weighted by Gasteiger charge is -2.11. The van der Waals surface area contributed by atoms with Crippen molar-refractivity contribution in [1.29, 1.82) is 0 Å². The van der Waals surface area contributed by atoms with Gasteiger partial charge in [-0.05, 0) is 31.7 Å². The van der Waals surface area contributed by atoms with Gasteiger partial charge in [-0.3, -0.25) is 4.79 Å². The number of aliphatic hydroxyl groups is 1. The van der Waals surface area contributed by atoms with Crippen molar-refractivity contribution in [2.45, 2.75) is 19.6 Å². The molecule has 3 N–H and O–H groups in total. The van der Waals surface area contributed by atoms with Crippen LogP contribution >= 0.6 is 0 Å². The third-order valence-corrected chi connectivity index (χ3v) is 2.20. The molecule has 0 aromatic heterocycles. The van der Waals surface area contributed by atoms with E-state index in [1.807, 2.05) is 0 Å². The summed E-state index contributed by atoms with van der Waals surface area (Å²) in [5.41, 5.74) is 1.48.